The molecule has 0 aromatic heterocycles. The summed E-state index contributed by atoms with van der Waals surface area (Å²) < 4.78 is 26.9. The molecule has 6 N–H and O–H groups in total. The largest absolute Gasteiger partial charge is 0.350 e. The number of nitrogens with one attached hydrogen (secondary N) is 3. The summed E-state index contributed by atoms with van der Waals surface area (Å²) in [6, 6.07) is 3.45. The summed E-state index contributed by atoms with van der Waals surface area (Å²) in [4.78, 5) is 35.5. The average molecular weight is 427 g/mol. The van der Waals surface area contributed by atoms with Gasteiger partial charge in [0.05, 0.1) is 17.5 Å². The molecule has 12 heteroatoms. The summed E-state index contributed by atoms with van der Waals surface area (Å²) >= 11 is 0. The van der Waals surface area contributed by atoms with Crippen LogP contribution in [0, 0.1) is 6.92 Å². The Morgan fingerprint density at radius 2 is 1.90 bits per heavy atom. The lowest BCUT2D eigenvalue weighted by Gasteiger charge is -2.22. The molecule has 0 saturated carbocycles. The third kappa shape index (κ3) is 5.50. The first-order chi connectivity index (χ1) is 13.6. The molecule has 0 bridgehead atoms. The molecule has 1 heterocycles. The first-order valence-electron chi connectivity index (χ1n) is 8.91. The highest BCUT2D eigenvalue weighted by atomic mass is 32.2. The Morgan fingerprint density at radius 1 is 1.28 bits per heavy atom. The van der Waals surface area contributed by atoms with Crippen LogP contribution < -0.4 is 21.8 Å². The van der Waals surface area contributed by atoms with Gasteiger partial charge in [-0.25, -0.2) is 13.9 Å². The molecule has 0 aliphatic carbocycles. The van der Waals surface area contributed by atoms with E-state index in [0.29, 0.717) is 0 Å². The quantitative estimate of drug-likeness (QED) is 0.253. The number of hydroxylamine groups is 1. The van der Waals surface area contributed by atoms with Gasteiger partial charge in [-0.15, -0.1) is 0 Å². The van der Waals surface area contributed by atoms with Gasteiger partial charge in [0.15, 0.2) is 0 Å². The number of carbonyl (C=O) groups is 3. The molecule has 1 aliphatic heterocycles. The number of benzene rings is 1. The van der Waals surface area contributed by atoms with E-state index in [1.165, 1.54) is 24.5 Å². The standard InChI is InChI=1S/C17H25N5O6S/c1-10-3-5-13(6-4-10)29(27,28)22-9-12(7-14(22)17(25)21-26)20-15(23)8-19-16(24)11(2)18/h3-6,11-12,14,26H,7-9,18H2,1-2H3,(H,19,24)(H,20,23)(H,21,25)/t11-,12-,14-/m0/s1. The third-order valence-electron chi connectivity index (χ3n) is 4.50. The van der Waals surface area contributed by atoms with Crippen LogP contribution >= 0.6 is 0 Å². The molecule has 3 atom stereocenters. The highest BCUT2D eigenvalue weighted by Crippen LogP contribution is 2.26. The fourth-order valence-corrected chi connectivity index (χ4v) is 4.59. The minimum Gasteiger partial charge on any atom is -0.350 e. The first-order valence-corrected chi connectivity index (χ1v) is 10.4. The normalized spacial score (nSPS) is 20.7. The number of carbonyl (C=O) groups excluding carboxylic acids is 3. The zero-order valence-electron chi connectivity index (χ0n) is 16.1. The van der Waals surface area contributed by atoms with E-state index in [1.807, 2.05) is 6.92 Å². The maximum absolute atomic E-state index is 13.0. The molecule has 1 fully saturated rings. The molecule has 1 aromatic rings. The number of hydrogen-bond donors (Lipinski definition) is 5. The van der Waals surface area contributed by atoms with Crippen molar-refractivity contribution >= 4 is 27.7 Å². The fraction of sp³-hybridized carbons (Fsp3) is 0.471. The van der Waals surface area contributed by atoms with Crippen LogP contribution in [0.15, 0.2) is 29.2 Å². The number of nitrogens with zero attached hydrogens (tertiary/aromatic N) is 1. The first kappa shape index (κ1) is 22.7. The Bertz CT molecular complexity index is 871. The molecule has 2 rings (SSSR count). The summed E-state index contributed by atoms with van der Waals surface area (Å²) in [6.45, 7) is 2.78. The maximum atomic E-state index is 13.0. The zero-order valence-corrected chi connectivity index (χ0v) is 16.9. The predicted octanol–water partition coefficient (Wildman–Crippen LogP) is -1.79. The van der Waals surface area contributed by atoms with Gasteiger partial charge >= 0.3 is 0 Å². The maximum Gasteiger partial charge on any atom is 0.261 e. The van der Waals surface area contributed by atoms with Gasteiger partial charge in [0.25, 0.3) is 5.91 Å². The van der Waals surface area contributed by atoms with Crippen molar-refractivity contribution in [1.82, 2.24) is 20.4 Å². The molecule has 1 saturated heterocycles. The molecule has 160 valence electrons. The number of nitrogens with two attached hydrogens (primary N) is 1. The van der Waals surface area contributed by atoms with Crippen molar-refractivity contribution in [2.75, 3.05) is 13.1 Å². The van der Waals surface area contributed by atoms with E-state index in [1.54, 1.807) is 12.1 Å². The van der Waals surface area contributed by atoms with Crippen molar-refractivity contribution in [3.8, 4) is 0 Å². The van der Waals surface area contributed by atoms with Crippen LogP contribution in [0.25, 0.3) is 0 Å². The lowest BCUT2D eigenvalue weighted by Crippen LogP contribution is -2.46. The Hall–Kier alpha value is -2.54. The molecule has 1 aliphatic rings. The van der Waals surface area contributed by atoms with Crippen molar-refractivity contribution in [2.45, 2.75) is 43.3 Å². The van der Waals surface area contributed by atoms with Crippen LogP contribution in [-0.4, -0.2) is 66.9 Å². The summed E-state index contributed by atoms with van der Waals surface area (Å²) in [7, 11) is -4.04. The minimum atomic E-state index is -4.04. The lowest BCUT2D eigenvalue weighted by molar-refractivity contribution is -0.132. The second-order valence-corrected chi connectivity index (χ2v) is 8.78. The van der Waals surface area contributed by atoms with Gasteiger partial charge < -0.3 is 16.4 Å². The molecule has 1 aromatic carbocycles. The average Bonchev–Trinajstić information content (AvgIpc) is 3.10. The molecule has 0 radical (unpaired) electrons. The monoisotopic (exact) mass is 427 g/mol. The summed E-state index contributed by atoms with van der Waals surface area (Å²) in [5, 5.41) is 13.9. The Labute approximate surface area is 168 Å². The van der Waals surface area contributed by atoms with E-state index in [-0.39, 0.29) is 24.4 Å². The summed E-state index contributed by atoms with van der Waals surface area (Å²) in [6.07, 6.45) is -0.0372. The topological polar surface area (TPSA) is 171 Å². The van der Waals surface area contributed by atoms with Gasteiger partial charge in [-0.1, -0.05) is 17.7 Å². The molecule has 3 amide bonds. The van der Waals surface area contributed by atoms with E-state index in [9.17, 15) is 22.8 Å². The van der Waals surface area contributed by atoms with Gasteiger partial charge in [0.1, 0.15) is 6.04 Å². The Balaban J connectivity index is 2.13. The molecule has 11 nitrogen and oxygen atoms in total. The Morgan fingerprint density at radius 3 is 2.45 bits per heavy atom. The number of rotatable bonds is 7. The van der Waals surface area contributed by atoms with Gasteiger partial charge in [0, 0.05) is 12.6 Å². The van der Waals surface area contributed by atoms with E-state index in [0.717, 1.165) is 9.87 Å². The second kappa shape index (κ2) is 9.31. The number of aryl methyl sites for hydroxylation is 1. The van der Waals surface area contributed by atoms with Crippen molar-refractivity contribution in [2.24, 2.45) is 5.73 Å². The number of hydrogen-bond acceptors (Lipinski definition) is 7. The SMILES string of the molecule is Cc1ccc(S(=O)(=O)N2C[C@@H](NC(=O)CNC(=O)[C@H](C)N)C[C@H]2C(=O)NO)cc1. The van der Waals surface area contributed by atoms with E-state index < -0.39 is 45.9 Å². The van der Waals surface area contributed by atoms with Gasteiger partial charge in [-0.05, 0) is 32.4 Å². The van der Waals surface area contributed by atoms with E-state index >= 15 is 0 Å². The summed E-state index contributed by atoms with van der Waals surface area (Å²) in [5.74, 6) is -1.96. The van der Waals surface area contributed by atoms with Crippen LogP contribution in [0.4, 0.5) is 0 Å². The van der Waals surface area contributed by atoms with Crippen molar-refractivity contribution in [3.05, 3.63) is 29.8 Å². The number of sulfonamides is 1. The van der Waals surface area contributed by atoms with E-state index in [4.69, 9.17) is 10.9 Å². The third-order valence-corrected chi connectivity index (χ3v) is 6.39. The van der Waals surface area contributed by atoms with Gasteiger partial charge in [0.2, 0.25) is 21.8 Å². The minimum absolute atomic E-state index is 0.00462. The van der Waals surface area contributed by atoms with Crippen LogP contribution in [0.3, 0.4) is 0 Å². The second-order valence-electron chi connectivity index (χ2n) is 6.89. The van der Waals surface area contributed by atoms with E-state index in [2.05, 4.69) is 10.6 Å². The molecular weight excluding hydrogens is 402 g/mol. The van der Waals surface area contributed by atoms with Gasteiger partial charge in [-0.2, -0.15) is 4.31 Å². The van der Waals surface area contributed by atoms with Crippen LogP contribution in [0.2, 0.25) is 0 Å². The highest BCUT2D eigenvalue weighted by molar-refractivity contribution is 7.89. The number of amides is 3. The fourth-order valence-electron chi connectivity index (χ4n) is 2.94. The molecule has 0 unspecified atom stereocenters. The molecular formula is C17H25N5O6S. The highest BCUT2D eigenvalue weighted by Gasteiger charge is 2.44. The van der Waals surface area contributed by atoms with Crippen molar-refractivity contribution < 1.29 is 28.0 Å². The van der Waals surface area contributed by atoms with Crippen LogP contribution in [0.5, 0.6) is 0 Å². The molecule has 29 heavy (non-hydrogen) atoms. The van der Waals surface area contributed by atoms with Crippen molar-refractivity contribution in [3.63, 3.8) is 0 Å². The van der Waals surface area contributed by atoms with Crippen LogP contribution in [-0.2, 0) is 24.4 Å². The molecule has 0 spiro atoms. The predicted molar refractivity (Wildman–Crippen MR) is 102 cm³/mol. The lowest BCUT2D eigenvalue weighted by atomic mass is 10.1. The smallest absolute Gasteiger partial charge is 0.261 e. The Kier molecular flexibility index (Phi) is 7.30. The zero-order chi connectivity index (χ0) is 21.8. The summed E-state index contributed by atoms with van der Waals surface area (Å²) in [5.41, 5.74) is 7.73. The van der Waals surface area contributed by atoms with Gasteiger partial charge in [-0.3, -0.25) is 19.6 Å². The van der Waals surface area contributed by atoms with Crippen LogP contribution in [0.1, 0.15) is 18.9 Å². The van der Waals surface area contributed by atoms with Crippen molar-refractivity contribution in [1.29, 1.82) is 0 Å².